The summed E-state index contributed by atoms with van der Waals surface area (Å²) in [6, 6.07) is 11.3. The highest BCUT2D eigenvalue weighted by Crippen LogP contribution is 2.31. The average molecular weight is 355 g/mol. The maximum atomic E-state index is 12.0. The highest BCUT2D eigenvalue weighted by molar-refractivity contribution is 5.91. The van der Waals surface area contributed by atoms with Gasteiger partial charge in [-0.05, 0) is 35.6 Å². The molecule has 9 nitrogen and oxygen atoms in total. The second-order valence-corrected chi connectivity index (χ2v) is 6.30. The van der Waals surface area contributed by atoms with E-state index in [-0.39, 0.29) is 21.6 Å². The molecule has 134 valence electrons. The number of non-ortho nitro benzene ring substituents is 1. The first kappa shape index (κ1) is 16.1. The topological polar surface area (TPSA) is 103 Å². The zero-order valence-electron chi connectivity index (χ0n) is 14.2. The standard InChI is InChI=1S/C17H17N5O4/c1-12-3-2-4-13(11-12)19-7-9-20(10-8-19)15-6-5-14(21(23)24)16-17(15)22(25)26-18-16/h2-6,11H,7-10H2,1H3. The molecule has 1 aliphatic heterocycles. The first-order valence-corrected chi connectivity index (χ1v) is 8.28. The van der Waals surface area contributed by atoms with Crippen LogP contribution in [-0.2, 0) is 0 Å². The number of nitro benzene ring substituents is 1. The van der Waals surface area contributed by atoms with Gasteiger partial charge in [-0.1, -0.05) is 12.1 Å². The van der Waals surface area contributed by atoms with Crippen molar-refractivity contribution in [3.05, 3.63) is 57.3 Å². The normalized spacial score (nSPS) is 14.8. The van der Waals surface area contributed by atoms with Crippen LogP contribution in [0.1, 0.15) is 5.56 Å². The lowest BCUT2D eigenvalue weighted by atomic mass is 10.1. The summed E-state index contributed by atoms with van der Waals surface area (Å²) in [4.78, 5) is 15.1. The van der Waals surface area contributed by atoms with Gasteiger partial charge in [0.1, 0.15) is 0 Å². The molecular weight excluding hydrogens is 338 g/mol. The maximum absolute atomic E-state index is 12.0. The summed E-state index contributed by atoms with van der Waals surface area (Å²) in [6.45, 7) is 5.00. The van der Waals surface area contributed by atoms with E-state index in [2.05, 4.69) is 39.8 Å². The Labute approximate surface area is 148 Å². The summed E-state index contributed by atoms with van der Waals surface area (Å²) in [5.41, 5.74) is 2.82. The molecule has 3 aromatic rings. The third kappa shape index (κ3) is 2.67. The zero-order valence-corrected chi connectivity index (χ0v) is 14.2. The SMILES string of the molecule is Cc1cccc(N2CCN(c3ccc([N+](=O)[O-])c4no[n+]([O-])c34)CC2)c1. The first-order chi connectivity index (χ1) is 12.5. The maximum Gasteiger partial charge on any atom is 0.327 e. The molecule has 2 heterocycles. The molecule has 2 aromatic carbocycles. The van der Waals surface area contributed by atoms with E-state index < -0.39 is 4.92 Å². The molecule has 1 fully saturated rings. The van der Waals surface area contributed by atoms with Crippen LogP contribution in [0.2, 0.25) is 0 Å². The molecule has 1 saturated heterocycles. The number of rotatable bonds is 3. The van der Waals surface area contributed by atoms with E-state index in [1.165, 1.54) is 17.3 Å². The van der Waals surface area contributed by atoms with Crippen molar-refractivity contribution in [2.45, 2.75) is 6.92 Å². The van der Waals surface area contributed by atoms with Gasteiger partial charge in [0.2, 0.25) is 0 Å². The molecule has 0 N–H and O–H groups in total. The number of aromatic nitrogens is 2. The Bertz CT molecular complexity index is 978. The molecule has 0 amide bonds. The largest absolute Gasteiger partial charge is 0.368 e. The summed E-state index contributed by atoms with van der Waals surface area (Å²) >= 11 is 0. The summed E-state index contributed by atoms with van der Waals surface area (Å²) in [5, 5.41) is 26.7. The number of nitro groups is 1. The van der Waals surface area contributed by atoms with Crippen LogP contribution in [0, 0.1) is 22.2 Å². The average Bonchev–Trinajstić information content (AvgIpc) is 3.03. The van der Waals surface area contributed by atoms with Crippen LogP contribution in [0.5, 0.6) is 0 Å². The van der Waals surface area contributed by atoms with Gasteiger partial charge in [0, 0.05) is 37.9 Å². The quantitative estimate of drug-likeness (QED) is 0.402. The van der Waals surface area contributed by atoms with Crippen molar-refractivity contribution in [2.75, 3.05) is 36.0 Å². The molecule has 0 atom stereocenters. The van der Waals surface area contributed by atoms with E-state index in [1.807, 2.05) is 11.0 Å². The lowest BCUT2D eigenvalue weighted by molar-refractivity contribution is -0.782. The Balaban J connectivity index is 1.61. The van der Waals surface area contributed by atoms with E-state index in [4.69, 9.17) is 0 Å². The van der Waals surface area contributed by atoms with Gasteiger partial charge in [-0.3, -0.25) is 14.7 Å². The number of benzene rings is 2. The van der Waals surface area contributed by atoms with Crippen molar-refractivity contribution >= 4 is 28.1 Å². The molecule has 0 aliphatic carbocycles. The van der Waals surface area contributed by atoms with Gasteiger partial charge in [0.05, 0.1) is 15.8 Å². The molecule has 0 saturated carbocycles. The lowest BCUT2D eigenvalue weighted by Gasteiger charge is -2.37. The molecule has 26 heavy (non-hydrogen) atoms. The molecule has 1 aromatic heterocycles. The first-order valence-electron chi connectivity index (χ1n) is 8.28. The van der Waals surface area contributed by atoms with Gasteiger partial charge in [-0.15, -0.1) is 0 Å². The van der Waals surface area contributed by atoms with Gasteiger partial charge in [0.25, 0.3) is 5.52 Å². The van der Waals surface area contributed by atoms with Crippen LogP contribution >= 0.6 is 0 Å². The fourth-order valence-electron chi connectivity index (χ4n) is 3.38. The number of fused-ring (bicyclic) bond motifs is 1. The zero-order chi connectivity index (χ0) is 18.3. The Kier molecular flexibility index (Phi) is 3.83. The minimum Gasteiger partial charge on any atom is -0.368 e. The molecule has 9 heteroatoms. The number of hydrogen-bond acceptors (Lipinski definition) is 7. The van der Waals surface area contributed by atoms with Gasteiger partial charge in [0.15, 0.2) is 0 Å². The Morgan fingerprint density at radius 1 is 1.15 bits per heavy atom. The highest BCUT2D eigenvalue weighted by Gasteiger charge is 2.29. The van der Waals surface area contributed by atoms with Crippen LogP contribution in [-0.4, -0.2) is 36.3 Å². The summed E-state index contributed by atoms with van der Waals surface area (Å²) in [5.74, 6) is 0. The molecule has 0 bridgehead atoms. The number of piperazine rings is 1. The fourth-order valence-corrected chi connectivity index (χ4v) is 3.38. The fraction of sp³-hybridized carbons (Fsp3) is 0.294. The third-order valence-electron chi connectivity index (χ3n) is 4.68. The number of aryl methyl sites for hydroxylation is 1. The minimum atomic E-state index is -0.565. The van der Waals surface area contributed by atoms with Crippen LogP contribution in [0.4, 0.5) is 17.1 Å². The minimum absolute atomic E-state index is 0.0244. The summed E-state index contributed by atoms with van der Waals surface area (Å²) in [7, 11) is 0. The Morgan fingerprint density at radius 3 is 2.58 bits per heavy atom. The molecule has 1 aliphatic rings. The monoisotopic (exact) mass is 355 g/mol. The van der Waals surface area contributed by atoms with Crippen molar-refractivity contribution in [1.82, 2.24) is 5.16 Å². The summed E-state index contributed by atoms with van der Waals surface area (Å²) < 4.78 is 4.61. The smallest absolute Gasteiger partial charge is 0.327 e. The molecule has 4 rings (SSSR count). The van der Waals surface area contributed by atoms with Crippen LogP contribution < -0.4 is 14.7 Å². The van der Waals surface area contributed by atoms with Crippen LogP contribution in [0.25, 0.3) is 11.0 Å². The van der Waals surface area contributed by atoms with E-state index >= 15 is 0 Å². The lowest BCUT2D eigenvalue weighted by Crippen LogP contribution is -2.47. The molecular formula is C17H17N5O4. The van der Waals surface area contributed by atoms with E-state index in [1.54, 1.807) is 6.07 Å². The second-order valence-electron chi connectivity index (χ2n) is 6.30. The number of nitrogens with zero attached hydrogens (tertiary/aromatic N) is 5. The number of anilines is 2. The van der Waals surface area contributed by atoms with Gasteiger partial charge >= 0.3 is 11.2 Å². The van der Waals surface area contributed by atoms with Gasteiger partial charge < -0.3 is 15.0 Å². The molecule has 0 radical (unpaired) electrons. The molecule has 0 unspecified atom stereocenters. The molecule has 0 spiro atoms. The van der Waals surface area contributed by atoms with E-state index in [9.17, 15) is 15.3 Å². The Hall–Kier alpha value is -3.36. The number of hydrogen-bond donors (Lipinski definition) is 0. The summed E-state index contributed by atoms with van der Waals surface area (Å²) in [6.07, 6.45) is 0. The van der Waals surface area contributed by atoms with Crippen LogP contribution in [0.3, 0.4) is 0 Å². The van der Waals surface area contributed by atoms with Crippen LogP contribution in [0.15, 0.2) is 41.0 Å². The van der Waals surface area contributed by atoms with Crippen molar-refractivity contribution in [3.63, 3.8) is 0 Å². The van der Waals surface area contributed by atoms with E-state index in [0.717, 1.165) is 13.1 Å². The predicted molar refractivity (Wildman–Crippen MR) is 95.2 cm³/mol. The predicted octanol–water partition coefficient (Wildman–Crippen LogP) is 2.00. The van der Waals surface area contributed by atoms with Crippen molar-refractivity contribution in [3.8, 4) is 0 Å². The van der Waals surface area contributed by atoms with E-state index in [0.29, 0.717) is 18.8 Å². The highest BCUT2D eigenvalue weighted by atomic mass is 16.8. The Morgan fingerprint density at radius 2 is 1.88 bits per heavy atom. The van der Waals surface area contributed by atoms with Crippen molar-refractivity contribution in [1.29, 1.82) is 0 Å². The van der Waals surface area contributed by atoms with Crippen molar-refractivity contribution < 1.29 is 14.5 Å². The van der Waals surface area contributed by atoms with Gasteiger partial charge in [-0.25, -0.2) is 0 Å². The third-order valence-corrected chi connectivity index (χ3v) is 4.68. The second kappa shape index (κ2) is 6.17. The van der Waals surface area contributed by atoms with Gasteiger partial charge in [-0.2, -0.15) is 0 Å². The van der Waals surface area contributed by atoms with Crippen molar-refractivity contribution in [2.24, 2.45) is 0 Å².